The molecule has 0 amide bonds. The van der Waals surface area contributed by atoms with Crippen molar-refractivity contribution in [2.75, 3.05) is 11.9 Å². The molecule has 1 aromatic heterocycles. The number of carbonyl (C=O) groups is 1. The second kappa shape index (κ2) is 6.81. The quantitative estimate of drug-likeness (QED) is 0.705. The standard InChI is InChI=1S/C20H20N2O3/c1-4-25-20(24)18-17(21-14-8-5-12(2)6-9-14)19(23)15-11-13(3)7-10-16(15)22-18/h5-11,21H,4H2,1-3H3,(H,22,23). The molecule has 3 aromatic rings. The first-order chi connectivity index (χ1) is 12.0. The van der Waals surface area contributed by atoms with Gasteiger partial charge in [-0.3, -0.25) is 4.79 Å². The number of aromatic nitrogens is 1. The molecule has 0 aliphatic rings. The first-order valence-electron chi connectivity index (χ1n) is 8.17. The van der Waals surface area contributed by atoms with E-state index >= 15 is 0 Å². The van der Waals surface area contributed by atoms with Gasteiger partial charge in [0.05, 0.1) is 12.1 Å². The first-order valence-corrected chi connectivity index (χ1v) is 8.17. The van der Waals surface area contributed by atoms with Gasteiger partial charge in [-0.1, -0.05) is 29.3 Å². The third kappa shape index (κ3) is 3.40. The van der Waals surface area contributed by atoms with Gasteiger partial charge in [-0.25, -0.2) is 4.79 Å². The van der Waals surface area contributed by atoms with Crippen molar-refractivity contribution in [3.8, 4) is 0 Å². The van der Waals surface area contributed by atoms with E-state index < -0.39 is 5.97 Å². The SMILES string of the molecule is CCOC(=O)c1[nH]c2ccc(C)cc2c(=O)c1Nc1ccc(C)cc1. The van der Waals surface area contributed by atoms with Crippen molar-refractivity contribution in [1.29, 1.82) is 0 Å². The first kappa shape index (κ1) is 16.8. The largest absolute Gasteiger partial charge is 0.461 e. The van der Waals surface area contributed by atoms with Crippen LogP contribution in [0.4, 0.5) is 11.4 Å². The summed E-state index contributed by atoms with van der Waals surface area (Å²) < 4.78 is 5.10. The molecule has 0 fully saturated rings. The Labute approximate surface area is 145 Å². The topological polar surface area (TPSA) is 71.2 Å². The molecule has 0 atom stereocenters. The molecule has 25 heavy (non-hydrogen) atoms. The highest BCUT2D eigenvalue weighted by Gasteiger charge is 2.19. The van der Waals surface area contributed by atoms with Crippen LogP contribution in [0.5, 0.6) is 0 Å². The fourth-order valence-corrected chi connectivity index (χ4v) is 2.66. The Balaban J connectivity index is 2.20. The molecule has 0 saturated carbocycles. The molecule has 1 heterocycles. The summed E-state index contributed by atoms with van der Waals surface area (Å²) in [7, 11) is 0. The number of H-pyrrole nitrogens is 1. The highest BCUT2D eigenvalue weighted by atomic mass is 16.5. The second-order valence-electron chi connectivity index (χ2n) is 5.96. The number of aryl methyl sites for hydroxylation is 2. The van der Waals surface area contributed by atoms with Gasteiger partial charge in [-0.2, -0.15) is 0 Å². The van der Waals surface area contributed by atoms with E-state index in [1.54, 1.807) is 13.0 Å². The zero-order chi connectivity index (χ0) is 18.0. The number of anilines is 2. The third-order valence-corrected chi connectivity index (χ3v) is 3.96. The van der Waals surface area contributed by atoms with Crippen LogP contribution in [0.3, 0.4) is 0 Å². The molecule has 0 aliphatic heterocycles. The molecule has 2 N–H and O–H groups in total. The molecule has 0 radical (unpaired) electrons. The highest BCUT2D eigenvalue weighted by molar-refractivity contribution is 5.98. The van der Waals surface area contributed by atoms with E-state index in [9.17, 15) is 9.59 Å². The normalized spacial score (nSPS) is 10.7. The van der Waals surface area contributed by atoms with Crippen LogP contribution in [-0.2, 0) is 4.74 Å². The number of benzene rings is 2. The summed E-state index contributed by atoms with van der Waals surface area (Å²) in [6.07, 6.45) is 0. The Bertz CT molecular complexity index is 988. The van der Waals surface area contributed by atoms with Crippen LogP contribution in [0.25, 0.3) is 10.9 Å². The van der Waals surface area contributed by atoms with E-state index in [0.29, 0.717) is 10.9 Å². The van der Waals surface area contributed by atoms with Gasteiger partial charge < -0.3 is 15.0 Å². The van der Waals surface area contributed by atoms with E-state index in [-0.39, 0.29) is 23.4 Å². The number of hydrogen-bond donors (Lipinski definition) is 2. The number of pyridine rings is 1. The maximum Gasteiger partial charge on any atom is 0.357 e. The maximum atomic E-state index is 13.0. The van der Waals surface area contributed by atoms with Crippen molar-refractivity contribution in [2.24, 2.45) is 0 Å². The van der Waals surface area contributed by atoms with Gasteiger partial charge >= 0.3 is 5.97 Å². The van der Waals surface area contributed by atoms with Crippen LogP contribution in [-0.4, -0.2) is 17.6 Å². The Morgan fingerprint density at radius 1 is 1.08 bits per heavy atom. The fraction of sp³-hybridized carbons (Fsp3) is 0.200. The number of hydrogen-bond acceptors (Lipinski definition) is 4. The van der Waals surface area contributed by atoms with Crippen LogP contribution in [0, 0.1) is 13.8 Å². The summed E-state index contributed by atoms with van der Waals surface area (Å²) in [4.78, 5) is 28.4. The van der Waals surface area contributed by atoms with Crippen LogP contribution >= 0.6 is 0 Å². The molecular weight excluding hydrogens is 316 g/mol. The average Bonchev–Trinajstić information content (AvgIpc) is 2.59. The van der Waals surface area contributed by atoms with Crippen LogP contribution in [0.2, 0.25) is 0 Å². The van der Waals surface area contributed by atoms with Gasteiger partial charge in [0.1, 0.15) is 5.69 Å². The van der Waals surface area contributed by atoms with Crippen molar-refractivity contribution in [1.82, 2.24) is 4.98 Å². The number of fused-ring (bicyclic) bond motifs is 1. The molecule has 0 unspecified atom stereocenters. The fourth-order valence-electron chi connectivity index (χ4n) is 2.66. The van der Waals surface area contributed by atoms with Crippen molar-refractivity contribution >= 4 is 28.2 Å². The molecule has 5 nitrogen and oxygen atoms in total. The molecule has 0 saturated heterocycles. The minimum atomic E-state index is -0.559. The Morgan fingerprint density at radius 2 is 1.76 bits per heavy atom. The molecule has 0 spiro atoms. The average molecular weight is 336 g/mol. The Morgan fingerprint density at radius 3 is 2.44 bits per heavy atom. The lowest BCUT2D eigenvalue weighted by Gasteiger charge is -2.13. The summed E-state index contributed by atoms with van der Waals surface area (Å²) in [6.45, 7) is 5.87. The number of aromatic amines is 1. The van der Waals surface area contributed by atoms with Gasteiger partial charge in [0.25, 0.3) is 0 Å². The van der Waals surface area contributed by atoms with Gasteiger partial charge in [0, 0.05) is 11.1 Å². The van der Waals surface area contributed by atoms with Gasteiger partial charge in [0.15, 0.2) is 5.69 Å². The highest BCUT2D eigenvalue weighted by Crippen LogP contribution is 2.21. The molecule has 2 aromatic carbocycles. The van der Waals surface area contributed by atoms with Crippen molar-refractivity contribution in [3.63, 3.8) is 0 Å². The van der Waals surface area contributed by atoms with Gasteiger partial charge in [-0.05, 0) is 45.0 Å². The zero-order valence-electron chi connectivity index (χ0n) is 14.5. The van der Waals surface area contributed by atoms with E-state index in [2.05, 4.69) is 10.3 Å². The summed E-state index contributed by atoms with van der Waals surface area (Å²) in [6, 6.07) is 13.1. The number of esters is 1. The van der Waals surface area contributed by atoms with Gasteiger partial charge in [-0.15, -0.1) is 0 Å². The summed E-state index contributed by atoms with van der Waals surface area (Å²) >= 11 is 0. The number of carbonyl (C=O) groups excluding carboxylic acids is 1. The second-order valence-corrected chi connectivity index (χ2v) is 5.96. The van der Waals surface area contributed by atoms with Crippen LogP contribution < -0.4 is 10.7 Å². The number of rotatable bonds is 4. The smallest absolute Gasteiger partial charge is 0.357 e. The molecular formula is C20H20N2O3. The monoisotopic (exact) mass is 336 g/mol. The minimum Gasteiger partial charge on any atom is -0.461 e. The summed E-state index contributed by atoms with van der Waals surface area (Å²) in [5, 5.41) is 3.60. The van der Waals surface area contributed by atoms with E-state index in [0.717, 1.165) is 16.8 Å². The third-order valence-electron chi connectivity index (χ3n) is 3.96. The predicted octanol–water partition coefficient (Wildman–Crippen LogP) is 4.07. The molecule has 0 bridgehead atoms. The molecule has 128 valence electrons. The van der Waals surface area contributed by atoms with Gasteiger partial charge in [0.2, 0.25) is 5.43 Å². The number of ether oxygens (including phenoxy) is 1. The Kier molecular flexibility index (Phi) is 4.57. The maximum absolute atomic E-state index is 13.0. The van der Waals surface area contributed by atoms with E-state index in [1.165, 1.54) is 0 Å². The molecule has 3 rings (SSSR count). The zero-order valence-corrected chi connectivity index (χ0v) is 14.5. The molecule has 0 aliphatic carbocycles. The lowest BCUT2D eigenvalue weighted by Crippen LogP contribution is -2.18. The van der Waals surface area contributed by atoms with Crippen LogP contribution in [0.1, 0.15) is 28.5 Å². The number of nitrogens with one attached hydrogen (secondary N) is 2. The van der Waals surface area contributed by atoms with E-state index in [1.807, 2.05) is 50.2 Å². The van der Waals surface area contributed by atoms with Crippen LogP contribution in [0.15, 0.2) is 47.3 Å². The summed E-state index contributed by atoms with van der Waals surface area (Å²) in [5.74, 6) is -0.559. The summed E-state index contributed by atoms with van der Waals surface area (Å²) in [5.41, 5.74) is 3.51. The van der Waals surface area contributed by atoms with Crippen molar-refractivity contribution in [3.05, 3.63) is 69.5 Å². The minimum absolute atomic E-state index is 0.128. The lowest BCUT2D eigenvalue weighted by molar-refractivity contribution is 0.0521. The van der Waals surface area contributed by atoms with Crippen molar-refractivity contribution < 1.29 is 9.53 Å². The molecule has 5 heteroatoms. The lowest BCUT2D eigenvalue weighted by atomic mass is 10.1. The Hall–Kier alpha value is -3.08. The van der Waals surface area contributed by atoms with E-state index in [4.69, 9.17) is 4.74 Å². The van der Waals surface area contributed by atoms with Crippen molar-refractivity contribution in [2.45, 2.75) is 20.8 Å². The predicted molar refractivity (Wildman–Crippen MR) is 99.7 cm³/mol.